The van der Waals surface area contributed by atoms with E-state index in [1.807, 2.05) is 0 Å². The summed E-state index contributed by atoms with van der Waals surface area (Å²) in [7, 11) is 1.76. The van der Waals surface area contributed by atoms with Crippen molar-refractivity contribution in [3.8, 4) is 0 Å². The second-order valence-electron chi connectivity index (χ2n) is 5.28. The normalized spacial score (nSPS) is 14.4. The van der Waals surface area contributed by atoms with Crippen molar-refractivity contribution in [3.05, 3.63) is 35.4 Å². The molecule has 0 bridgehead atoms. The second kappa shape index (κ2) is 8.28. The molecule has 0 fully saturated rings. The molecule has 2 atom stereocenters. The summed E-state index contributed by atoms with van der Waals surface area (Å²) in [5.74, 6) is 0. The van der Waals surface area contributed by atoms with Crippen LogP contribution in [0.2, 0.25) is 0 Å². The molecule has 0 aromatic heterocycles. The van der Waals surface area contributed by atoms with Gasteiger partial charge < -0.3 is 10.1 Å². The summed E-state index contributed by atoms with van der Waals surface area (Å²) in [6, 6.07) is 9.87. The fraction of sp³-hybridized carbons (Fsp3) is 0.625. The fourth-order valence-electron chi connectivity index (χ4n) is 2.20. The molecule has 0 aliphatic heterocycles. The van der Waals surface area contributed by atoms with Crippen LogP contribution in [0, 0.1) is 6.92 Å². The van der Waals surface area contributed by atoms with Crippen molar-refractivity contribution in [3.63, 3.8) is 0 Å². The Balaban J connectivity index is 2.26. The largest absolute Gasteiger partial charge is 0.385 e. The number of hydrogen-bond donors (Lipinski definition) is 1. The Morgan fingerprint density at radius 1 is 1.17 bits per heavy atom. The molecule has 1 aromatic rings. The van der Waals surface area contributed by atoms with Crippen LogP contribution in [0.5, 0.6) is 0 Å². The summed E-state index contributed by atoms with van der Waals surface area (Å²) in [6.07, 6.45) is 3.40. The highest BCUT2D eigenvalue weighted by molar-refractivity contribution is 5.22. The lowest BCUT2D eigenvalue weighted by molar-refractivity contribution is 0.182. The van der Waals surface area contributed by atoms with Gasteiger partial charge in [-0.25, -0.2) is 0 Å². The predicted molar refractivity (Wildman–Crippen MR) is 78.1 cm³/mol. The maximum atomic E-state index is 5.10. The molecular formula is C16H27NO. The minimum atomic E-state index is 0.525. The van der Waals surface area contributed by atoms with Crippen LogP contribution in [0.4, 0.5) is 0 Å². The molecule has 2 nitrogen and oxygen atoms in total. The molecule has 1 rings (SSSR count). The molecule has 18 heavy (non-hydrogen) atoms. The molecule has 0 aliphatic rings. The molecule has 0 amide bonds. The molecule has 1 N–H and O–H groups in total. The summed E-state index contributed by atoms with van der Waals surface area (Å²) < 4.78 is 5.10. The van der Waals surface area contributed by atoms with E-state index in [1.165, 1.54) is 17.5 Å². The van der Waals surface area contributed by atoms with Gasteiger partial charge in [0.15, 0.2) is 0 Å². The van der Waals surface area contributed by atoms with E-state index in [-0.39, 0.29) is 0 Å². The van der Waals surface area contributed by atoms with Gasteiger partial charge >= 0.3 is 0 Å². The van der Waals surface area contributed by atoms with Gasteiger partial charge in [0.1, 0.15) is 0 Å². The van der Waals surface area contributed by atoms with Gasteiger partial charge in [-0.3, -0.25) is 0 Å². The standard InChI is InChI=1S/C16H27NO/c1-13-6-5-7-16(12-13)9-8-14(2)17-15(3)10-11-18-4/h5-7,12,14-15,17H,8-11H2,1-4H3. The van der Waals surface area contributed by atoms with E-state index in [4.69, 9.17) is 4.74 Å². The summed E-state index contributed by atoms with van der Waals surface area (Å²) in [4.78, 5) is 0. The van der Waals surface area contributed by atoms with E-state index in [1.54, 1.807) is 7.11 Å². The molecule has 102 valence electrons. The Morgan fingerprint density at radius 3 is 2.56 bits per heavy atom. The lowest BCUT2D eigenvalue weighted by Gasteiger charge is -2.19. The number of rotatable bonds is 8. The highest BCUT2D eigenvalue weighted by Crippen LogP contribution is 2.08. The van der Waals surface area contributed by atoms with Crippen molar-refractivity contribution >= 4 is 0 Å². The van der Waals surface area contributed by atoms with Crippen LogP contribution < -0.4 is 5.32 Å². The second-order valence-corrected chi connectivity index (χ2v) is 5.28. The van der Waals surface area contributed by atoms with Gasteiger partial charge in [0, 0.05) is 25.8 Å². The lowest BCUT2D eigenvalue weighted by Crippen LogP contribution is -2.35. The SMILES string of the molecule is COCCC(C)NC(C)CCc1cccc(C)c1. The Bertz CT molecular complexity index is 338. The third-order valence-electron chi connectivity index (χ3n) is 3.27. The van der Waals surface area contributed by atoms with E-state index in [9.17, 15) is 0 Å². The smallest absolute Gasteiger partial charge is 0.0476 e. The van der Waals surface area contributed by atoms with Crippen LogP contribution >= 0.6 is 0 Å². The third kappa shape index (κ3) is 6.18. The quantitative estimate of drug-likeness (QED) is 0.763. The number of ether oxygens (including phenoxy) is 1. The van der Waals surface area contributed by atoms with E-state index in [0.29, 0.717) is 12.1 Å². The molecule has 0 saturated carbocycles. The van der Waals surface area contributed by atoms with Gasteiger partial charge in [0.05, 0.1) is 0 Å². The topological polar surface area (TPSA) is 21.3 Å². The van der Waals surface area contributed by atoms with Crippen molar-refractivity contribution in [2.24, 2.45) is 0 Å². The Labute approximate surface area is 112 Å². The van der Waals surface area contributed by atoms with Gasteiger partial charge in [0.2, 0.25) is 0 Å². The van der Waals surface area contributed by atoms with Crippen molar-refractivity contribution in [2.45, 2.75) is 52.1 Å². The third-order valence-corrected chi connectivity index (χ3v) is 3.27. The molecule has 2 unspecified atom stereocenters. The first-order valence-electron chi connectivity index (χ1n) is 6.92. The summed E-state index contributed by atoms with van der Waals surface area (Å²) in [5, 5.41) is 3.62. The zero-order chi connectivity index (χ0) is 13.4. The Kier molecular flexibility index (Phi) is 6.99. The van der Waals surface area contributed by atoms with E-state index >= 15 is 0 Å². The van der Waals surface area contributed by atoms with Crippen LogP contribution in [-0.2, 0) is 11.2 Å². The lowest BCUT2D eigenvalue weighted by atomic mass is 10.0. The van der Waals surface area contributed by atoms with Gasteiger partial charge in [-0.15, -0.1) is 0 Å². The molecule has 0 spiro atoms. The molecule has 1 aromatic carbocycles. The molecule has 0 radical (unpaired) electrons. The van der Waals surface area contributed by atoms with Crippen molar-refractivity contribution < 1.29 is 4.74 Å². The maximum Gasteiger partial charge on any atom is 0.0476 e. The first-order valence-corrected chi connectivity index (χ1v) is 6.92. The van der Waals surface area contributed by atoms with E-state index < -0.39 is 0 Å². The van der Waals surface area contributed by atoms with Gasteiger partial charge in [0.25, 0.3) is 0 Å². The minimum Gasteiger partial charge on any atom is -0.385 e. The Hall–Kier alpha value is -0.860. The summed E-state index contributed by atoms with van der Waals surface area (Å²) in [6.45, 7) is 7.47. The van der Waals surface area contributed by atoms with Crippen LogP contribution in [0.1, 0.15) is 37.8 Å². The molecule has 2 heteroatoms. The average Bonchev–Trinajstić information content (AvgIpc) is 2.34. The van der Waals surface area contributed by atoms with Gasteiger partial charge in [-0.05, 0) is 45.6 Å². The Morgan fingerprint density at radius 2 is 1.89 bits per heavy atom. The molecule has 0 aliphatic carbocycles. The predicted octanol–water partition coefficient (Wildman–Crippen LogP) is 3.33. The molecular weight excluding hydrogens is 222 g/mol. The van der Waals surface area contributed by atoms with Crippen molar-refractivity contribution in [1.29, 1.82) is 0 Å². The van der Waals surface area contributed by atoms with Crippen LogP contribution in [0.3, 0.4) is 0 Å². The highest BCUT2D eigenvalue weighted by Gasteiger charge is 2.07. The fourth-order valence-corrected chi connectivity index (χ4v) is 2.20. The number of nitrogens with one attached hydrogen (secondary N) is 1. The summed E-state index contributed by atoms with van der Waals surface area (Å²) in [5.41, 5.74) is 2.79. The minimum absolute atomic E-state index is 0.525. The van der Waals surface area contributed by atoms with Crippen molar-refractivity contribution in [2.75, 3.05) is 13.7 Å². The zero-order valence-corrected chi connectivity index (χ0v) is 12.2. The van der Waals surface area contributed by atoms with E-state index in [0.717, 1.165) is 19.4 Å². The van der Waals surface area contributed by atoms with Crippen LogP contribution in [0.25, 0.3) is 0 Å². The first-order chi connectivity index (χ1) is 8.61. The van der Waals surface area contributed by atoms with Crippen LogP contribution in [0.15, 0.2) is 24.3 Å². The monoisotopic (exact) mass is 249 g/mol. The maximum absolute atomic E-state index is 5.10. The number of hydrogen-bond acceptors (Lipinski definition) is 2. The van der Waals surface area contributed by atoms with Crippen LogP contribution in [-0.4, -0.2) is 25.8 Å². The zero-order valence-electron chi connectivity index (χ0n) is 12.2. The van der Waals surface area contributed by atoms with Crippen molar-refractivity contribution in [1.82, 2.24) is 5.32 Å². The number of benzene rings is 1. The van der Waals surface area contributed by atoms with Gasteiger partial charge in [-0.2, -0.15) is 0 Å². The molecule has 0 heterocycles. The molecule has 0 saturated heterocycles. The number of methoxy groups -OCH3 is 1. The average molecular weight is 249 g/mol. The number of aryl methyl sites for hydroxylation is 2. The summed E-state index contributed by atoms with van der Waals surface area (Å²) >= 11 is 0. The highest BCUT2D eigenvalue weighted by atomic mass is 16.5. The van der Waals surface area contributed by atoms with Gasteiger partial charge in [-0.1, -0.05) is 29.8 Å². The van der Waals surface area contributed by atoms with E-state index in [2.05, 4.69) is 50.4 Å². The first kappa shape index (κ1) is 15.2.